The SMILES string of the molecule is CC(C)C1(C(=O)O)CCN(C(=O)CCC(=O)N2CCc3sccc3C2)C1. The summed E-state index contributed by atoms with van der Waals surface area (Å²) in [5.41, 5.74) is 0.352. The first-order valence-corrected chi connectivity index (χ1v) is 10.1. The maximum absolute atomic E-state index is 12.5. The van der Waals surface area contributed by atoms with E-state index in [1.54, 1.807) is 16.2 Å². The van der Waals surface area contributed by atoms with Crippen molar-refractivity contribution in [1.82, 2.24) is 9.80 Å². The summed E-state index contributed by atoms with van der Waals surface area (Å²) in [5, 5.41) is 11.6. The van der Waals surface area contributed by atoms with E-state index in [4.69, 9.17) is 0 Å². The molecule has 3 heterocycles. The van der Waals surface area contributed by atoms with Crippen molar-refractivity contribution in [2.24, 2.45) is 11.3 Å². The molecule has 3 rings (SSSR count). The molecule has 142 valence electrons. The standard InChI is InChI=1S/C19H26N2O4S/c1-13(2)19(18(24)25)7-9-21(12-19)17(23)4-3-16(22)20-8-5-15-14(11-20)6-10-26-15/h6,10,13H,3-5,7-9,11-12H2,1-2H3,(H,24,25). The van der Waals surface area contributed by atoms with Crippen LogP contribution in [0, 0.1) is 11.3 Å². The quantitative estimate of drug-likeness (QED) is 0.853. The Hall–Kier alpha value is -1.89. The van der Waals surface area contributed by atoms with Gasteiger partial charge in [0.05, 0.1) is 5.41 Å². The highest BCUT2D eigenvalue weighted by Gasteiger charge is 2.48. The molecule has 6 nitrogen and oxygen atoms in total. The van der Waals surface area contributed by atoms with Crippen LogP contribution < -0.4 is 0 Å². The Bertz CT molecular complexity index is 714. The number of carboxylic acids is 1. The number of carbonyl (C=O) groups is 3. The number of likely N-dealkylation sites (tertiary alicyclic amines) is 1. The first-order valence-electron chi connectivity index (χ1n) is 9.17. The third-order valence-electron chi connectivity index (χ3n) is 5.90. The van der Waals surface area contributed by atoms with Crippen LogP contribution in [-0.2, 0) is 27.3 Å². The van der Waals surface area contributed by atoms with Gasteiger partial charge < -0.3 is 14.9 Å². The molecular formula is C19H26N2O4S. The lowest BCUT2D eigenvalue weighted by Gasteiger charge is -2.29. The van der Waals surface area contributed by atoms with Crippen LogP contribution in [0.1, 0.15) is 43.6 Å². The Morgan fingerprint density at radius 2 is 1.88 bits per heavy atom. The topological polar surface area (TPSA) is 77.9 Å². The Morgan fingerprint density at radius 1 is 1.19 bits per heavy atom. The van der Waals surface area contributed by atoms with E-state index in [2.05, 4.69) is 11.4 Å². The summed E-state index contributed by atoms with van der Waals surface area (Å²) in [4.78, 5) is 41.4. The molecule has 0 aromatic carbocycles. The van der Waals surface area contributed by atoms with Crippen LogP contribution in [0.5, 0.6) is 0 Å². The molecule has 26 heavy (non-hydrogen) atoms. The molecule has 0 saturated carbocycles. The van der Waals surface area contributed by atoms with Crippen molar-refractivity contribution >= 4 is 29.1 Å². The molecule has 1 saturated heterocycles. The van der Waals surface area contributed by atoms with Crippen LogP contribution >= 0.6 is 11.3 Å². The van der Waals surface area contributed by atoms with E-state index in [0.29, 0.717) is 26.1 Å². The third kappa shape index (κ3) is 3.49. The zero-order valence-corrected chi connectivity index (χ0v) is 16.2. The van der Waals surface area contributed by atoms with Gasteiger partial charge in [-0.05, 0) is 35.8 Å². The van der Waals surface area contributed by atoms with E-state index >= 15 is 0 Å². The van der Waals surface area contributed by atoms with Crippen LogP contribution in [0.25, 0.3) is 0 Å². The van der Waals surface area contributed by atoms with Gasteiger partial charge in [0, 0.05) is 43.9 Å². The third-order valence-corrected chi connectivity index (χ3v) is 6.92. The lowest BCUT2D eigenvalue weighted by molar-refractivity contribution is -0.151. The Labute approximate surface area is 157 Å². The number of fused-ring (bicyclic) bond motifs is 1. The highest BCUT2D eigenvalue weighted by atomic mass is 32.1. The molecule has 0 spiro atoms. The number of nitrogens with zero attached hydrogens (tertiary/aromatic N) is 2. The maximum atomic E-state index is 12.5. The molecule has 0 radical (unpaired) electrons. The van der Waals surface area contributed by atoms with Crippen molar-refractivity contribution in [2.45, 2.75) is 46.1 Å². The maximum Gasteiger partial charge on any atom is 0.311 e. The number of hydrogen-bond donors (Lipinski definition) is 1. The monoisotopic (exact) mass is 378 g/mol. The fourth-order valence-electron chi connectivity index (χ4n) is 3.93. The van der Waals surface area contributed by atoms with Crippen molar-refractivity contribution in [3.05, 3.63) is 21.9 Å². The predicted molar refractivity (Wildman–Crippen MR) is 98.8 cm³/mol. The summed E-state index contributed by atoms with van der Waals surface area (Å²) in [5.74, 6) is -0.982. The van der Waals surface area contributed by atoms with Crippen LogP contribution in [0.15, 0.2) is 11.4 Å². The molecule has 1 aromatic rings. The Kier molecular flexibility index (Phi) is 5.37. The summed E-state index contributed by atoms with van der Waals surface area (Å²) in [7, 11) is 0. The van der Waals surface area contributed by atoms with Gasteiger partial charge in [0.25, 0.3) is 0 Å². The van der Waals surface area contributed by atoms with E-state index in [1.807, 2.05) is 18.7 Å². The van der Waals surface area contributed by atoms with Crippen molar-refractivity contribution in [1.29, 1.82) is 0 Å². The summed E-state index contributed by atoms with van der Waals surface area (Å²) >= 11 is 1.73. The first kappa shape index (κ1) is 18.9. The van der Waals surface area contributed by atoms with Gasteiger partial charge in [-0.2, -0.15) is 0 Å². The van der Waals surface area contributed by atoms with Gasteiger partial charge in [-0.3, -0.25) is 14.4 Å². The van der Waals surface area contributed by atoms with E-state index < -0.39 is 11.4 Å². The summed E-state index contributed by atoms with van der Waals surface area (Å²) < 4.78 is 0. The zero-order chi connectivity index (χ0) is 18.9. The average molecular weight is 378 g/mol. The van der Waals surface area contributed by atoms with Gasteiger partial charge in [0.2, 0.25) is 11.8 Å². The van der Waals surface area contributed by atoms with Crippen molar-refractivity contribution in [3.63, 3.8) is 0 Å². The van der Waals surface area contributed by atoms with Crippen LogP contribution in [0.3, 0.4) is 0 Å². The molecule has 2 aliphatic heterocycles. The van der Waals surface area contributed by atoms with Crippen LogP contribution in [0.2, 0.25) is 0 Å². The Balaban J connectivity index is 1.52. The molecule has 1 atom stereocenters. The number of rotatable bonds is 5. The van der Waals surface area contributed by atoms with E-state index in [1.165, 1.54) is 10.4 Å². The van der Waals surface area contributed by atoms with Gasteiger partial charge in [-0.25, -0.2) is 0 Å². The summed E-state index contributed by atoms with van der Waals surface area (Å²) in [6, 6.07) is 2.06. The van der Waals surface area contributed by atoms with E-state index in [9.17, 15) is 19.5 Å². The molecule has 1 aromatic heterocycles. The largest absolute Gasteiger partial charge is 0.481 e. The van der Waals surface area contributed by atoms with Gasteiger partial charge in [-0.15, -0.1) is 11.3 Å². The number of amides is 2. The minimum atomic E-state index is -0.859. The first-order chi connectivity index (χ1) is 12.3. The van der Waals surface area contributed by atoms with Gasteiger partial charge in [0.1, 0.15) is 0 Å². The molecule has 0 aliphatic carbocycles. The van der Waals surface area contributed by atoms with Crippen molar-refractivity contribution in [2.75, 3.05) is 19.6 Å². The molecular weight excluding hydrogens is 352 g/mol. The number of carbonyl (C=O) groups excluding carboxylic acids is 2. The van der Waals surface area contributed by atoms with Crippen LogP contribution in [0.4, 0.5) is 0 Å². The predicted octanol–water partition coefficient (Wildman–Crippen LogP) is 2.37. The van der Waals surface area contributed by atoms with Crippen LogP contribution in [-0.4, -0.2) is 52.3 Å². The number of carboxylic acid groups (broad SMARTS) is 1. The van der Waals surface area contributed by atoms with E-state index in [-0.39, 0.29) is 37.1 Å². The highest BCUT2D eigenvalue weighted by Crippen LogP contribution is 2.38. The second kappa shape index (κ2) is 7.39. The highest BCUT2D eigenvalue weighted by molar-refractivity contribution is 7.10. The molecule has 1 fully saturated rings. The normalized spacial score (nSPS) is 22.6. The number of aliphatic carboxylic acids is 1. The molecule has 2 aliphatic rings. The molecule has 0 bridgehead atoms. The smallest absolute Gasteiger partial charge is 0.311 e. The number of hydrogen-bond acceptors (Lipinski definition) is 4. The van der Waals surface area contributed by atoms with Gasteiger partial charge in [0.15, 0.2) is 0 Å². The fourth-order valence-corrected chi connectivity index (χ4v) is 4.82. The molecule has 2 amide bonds. The average Bonchev–Trinajstić information content (AvgIpc) is 3.26. The second-order valence-corrected chi connectivity index (χ2v) is 8.62. The minimum Gasteiger partial charge on any atom is -0.481 e. The van der Waals surface area contributed by atoms with Gasteiger partial charge >= 0.3 is 5.97 Å². The zero-order valence-electron chi connectivity index (χ0n) is 15.4. The molecule has 7 heteroatoms. The van der Waals surface area contributed by atoms with E-state index in [0.717, 1.165) is 6.42 Å². The second-order valence-electron chi connectivity index (χ2n) is 7.62. The molecule has 1 unspecified atom stereocenters. The van der Waals surface area contributed by atoms with Crippen molar-refractivity contribution in [3.8, 4) is 0 Å². The minimum absolute atomic E-state index is 0.00255. The lowest BCUT2D eigenvalue weighted by Crippen LogP contribution is -2.41. The lowest BCUT2D eigenvalue weighted by atomic mass is 9.76. The van der Waals surface area contributed by atoms with Crippen molar-refractivity contribution < 1.29 is 19.5 Å². The number of thiophene rings is 1. The fraction of sp³-hybridized carbons (Fsp3) is 0.632. The Morgan fingerprint density at radius 3 is 2.50 bits per heavy atom. The summed E-state index contributed by atoms with van der Waals surface area (Å²) in [6.45, 7) is 5.82. The molecule has 1 N–H and O–H groups in total. The summed E-state index contributed by atoms with van der Waals surface area (Å²) in [6.07, 6.45) is 1.71. The van der Waals surface area contributed by atoms with Gasteiger partial charge in [-0.1, -0.05) is 13.8 Å².